The Morgan fingerprint density at radius 3 is 2.60 bits per heavy atom. The van der Waals surface area contributed by atoms with Crippen LogP contribution in [0.4, 0.5) is 13.2 Å². The molecule has 0 aliphatic heterocycles. The molecule has 0 spiro atoms. The van der Waals surface area contributed by atoms with E-state index in [9.17, 15) is 27.9 Å². The smallest absolute Gasteiger partial charge is 0.416 e. The number of allylic oxidation sites excluding steroid dienone is 2. The van der Waals surface area contributed by atoms with Crippen molar-refractivity contribution in [2.24, 2.45) is 5.92 Å². The predicted octanol–water partition coefficient (Wildman–Crippen LogP) is 4.11. The van der Waals surface area contributed by atoms with Crippen LogP contribution in [0.15, 0.2) is 36.4 Å². The summed E-state index contributed by atoms with van der Waals surface area (Å²) in [5, 5.41) is 16.6. The number of carboxylic acids is 1. The summed E-state index contributed by atoms with van der Waals surface area (Å²) in [7, 11) is 0. The lowest BCUT2D eigenvalue weighted by Gasteiger charge is -2.21. The first-order valence-corrected chi connectivity index (χ1v) is 9.51. The maximum atomic E-state index is 13.1. The summed E-state index contributed by atoms with van der Waals surface area (Å²) < 4.78 is 40.5. The molecule has 0 saturated carbocycles. The van der Waals surface area contributed by atoms with Crippen LogP contribution in [-0.4, -0.2) is 26.8 Å². The molecule has 0 bridgehead atoms. The van der Waals surface area contributed by atoms with E-state index in [-0.39, 0.29) is 23.1 Å². The van der Waals surface area contributed by atoms with E-state index in [0.29, 0.717) is 24.2 Å². The van der Waals surface area contributed by atoms with Crippen LogP contribution in [0.1, 0.15) is 47.8 Å². The summed E-state index contributed by atoms with van der Waals surface area (Å²) in [5.74, 6) is -1.93. The van der Waals surface area contributed by atoms with Gasteiger partial charge in [-0.2, -0.15) is 18.3 Å². The molecule has 2 atom stereocenters. The fourth-order valence-electron chi connectivity index (χ4n) is 3.69. The van der Waals surface area contributed by atoms with Gasteiger partial charge in [-0.15, -0.1) is 0 Å². The van der Waals surface area contributed by atoms with Crippen molar-refractivity contribution in [2.45, 2.75) is 45.3 Å². The molecule has 1 aliphatic carbocycles. The largest absolute Gasteiger partial charge is 0.479 e. The zero-order chi connectivity index (χ0) is 22.1. The molecule has 3 rings (SSSR count). The maximum Gasteiger partial charge on any atom is 0.416 e. The highest BCUT2D eigenvalue weighted by Gasteiger charge is 2.33. The Labute approximate surface area is 171 Å². The first-order chi connectivity index (χ1) is 14.1. The second-order valence-electron chi connectivity index (χ2n) is 7.31. The van der Waals surface area contributed by atoms with E-state index in [1.165, 1.54) is 16.8 Å². The van der Waals surface area contributed by atoms with Gasteiger partial charge in [-0.25, -0.2) is 9.48 Å². The quantitative estimate of drug-likeness (QED) is 0.712. The van der Waals surface area contributed by atoms with E-state index in [2.05, 4.69) is 10.4 Å². The van der Waals surface area contributed by atoms with Crippen molar-refractivity contribution in [1.29, 1.82) is 0 Å². The van der Waals surface area contributed by atoms with Gasteiger partial charge in [-0.1, -0.05) is 18.2 Å². The number of alkyl halides is 3. The molecule has 0 saturated heterocycles. The fourth-order valence-corrected chi connectivity index (χ4v) is 3.69. The van der Waals surface area contributed by atoms with Gasteiger partial charge in [0.1, 0.15) is 0 Å². The minimum absolute atomic E-state index is 0.157. The lowest BCUT2D eigenvalue weighted by Crippen LogP contribution is -2.38. The van der Waals surface area contributed by atoms with Gasteiger partial charge in [-0.3, -0.25) is 4.79 Å². The molecule has 6 nitrogen and oxygen atoms in total. The molecule has 160 valence electrons. The predicted molar refractivity (Wildman–Crippen MR) is 103 cm³/mol. The highest BCUT2D eigenvalue weighted by atomic mass is 19.4. The Hall–Kier alpha value is -3.10. The van der Waals surface area contributed by atoms with E-state index in [0.717, 1.165) is 18.6 Å². The Morgan fingerprint density at radius 2 is 2.00 bits per heavy atom. The molecule has 0 unspecified atom stereocenters. The number of rotatable bonds is 5. The number of aryl methyl sites for hydroxylation is 1. The van der Waals surface area contributed by atoms with E-state index >= 15 is 0 Å². The van der Waals surface area contributed by atoms with E-state index in [1.807, 2.05) is 12.2 Å². The zero-order valence-corrected chi connectivity index (χ0v) is 16.5. The van der Waals surface area contributed by atoms with Crippen LogP contribution in [0.25, 0.3) is 5.69 Å². The SMILES string of the molecule is Cc1nn(-c2cccc(C(F)(F)F)c2)c(C)c1[C@@H](NC(=O)[C@@H]1CC=CCC1)C(=O)O. The van der Waals surface area contributed by atoms with Crippen molar-refractivity contribution in [2.75, 3.05) is 0 Å². The van der Waals surface area contributed by atoms with Crippen LogP contribution in [0.5, 0.6) is 0 Å². The number of benzene rings is 1. The molecule has 1 aromatic heterocycles. The third-order valence-electron chi connectivity index (χ3n) is 5.23. The average Bonchev–Trinajstić information content (AvgIpc) is 3.00. The molecule has 1 aromatic carbocycles. The van der Waals surface area contributed by atoms with Gasteiger partial charge in [0.15, 0.2) is 6.04 Å². The molecule has 2 aromatic rings. The number of carbonyl (C=O) groups excluding carboxylic acids is 1. The monoisotopic (exact) mass is 421 g/mol. The van der Waals surface area contributed by atoms with E-state index in [4.69, 9.17) is 0 Å². The topological polar surface area (TPSA) is 84.2 Å². The van der Waals surface area contributed by atoms with Crippen molar-refractivity contribution in [3.63, 3.8) is 0 Å². The number of amides is 1. The Balaban J connectivity index is 1.95. The molecule has 2 N–H and O–H groups in total. The Morgan fingerprint density at radius 1 is 1.27 bits per heavy atom. The lowest BCUT2D eigenvalue weighted by molar-refractivity contribution is -0.142. The Bertz CT molecular complexity index is 995. The first kappa shape index (κ1) is 21.6. The highest BCUT2D eigenvalue weighted by molar-refractivity contribution is 5.86. The molecule has 30 heavy (non-hydrogen) atoms. The summed E-state index contributed by atoms with van der Waals surface area (Å²) in [5.41, 5.74) is 0.260. The van der Waals surface area contributed by atoms with Gasteiger partial charge >= 0.3 is 12.1 Å². The molecular formula is C21H22F3N3O3. The number of hydrogen-bond acceptors (Lipinski definition) is 3. The number of nitrogens with zero attached hydrogens (tertiary/aromatic N) is 2. The molecule has 1 aliphatic rings. The number of nitrogens with one attached hydrogen (secondary N) is 1. The number of hydrogen-bond donors (Lipinski definition) is 2. The van der Waals surface area contributed by atoms with Crippen LogP contribution in [0.3, 0.4) is 0 Å². The van der Waals surface area contributed by atoms with Gasteiger partial charge in [0, 0.05) is 17.2 Å². The van der Waals surface area contributed by atoms with Crippen molar-refractivity contribution in [3.8, 4) is 5.69 Å². The number of aliphatic carboxylic acids is 1. The third-order valence-corrected chi connectivity index (χ3v) is 5.23. The Kier molecular flexibility index (Phi) is 6.00. The third kappa shape index (κ3) is 4.39. The summed E-state index contributed by atoms with van der Waals surface area (Å²) in [6.45, 7) is 3.14. The summed E-state index contributed by atoms with van der Waals surface area (Å²) in [4.78, 5) is 24.5. The van der Waals surface area contributed by atoms with E-state index in [1.54, 1.807) is 13.8 Å². The summed E-state index contributed by atoms with van der Waals surface area (Å²) in [6, 6.07) is 3.28. The van der Waals surface area contributed by atoms with Gasteiger partial charge in [0.05, 0.1) is 16.9 Å². The molecule has 1 amide bonds. The van der Waals surface area contributed by atoms with E-state index < -0.39 is 23.8 Å². The average molecular weight is 421 g/mol. The highest BCUT2D eigenvalue weighted by Crippen LogP contribution is 2.32. The van der Waals surface area contributed by atoms with Crippen LogP contribution >= 0.6 is 0 Å². The number of halogens is 3. The lowest BCUT2D eigenvalue weighted by atomic mass is 9.93. The second-order valence-corrected chi connectivity index (χ2v) is 7.31. The molecule has 1 heterocycles. The van der Waals surface area contributed by atoms with Crippen molar-refractivity contribution < 1.29 is 27.9 Å². The minimum atomic E-state index is -4.51. The fraction of sp³-hybridized carbons (Fsp3) is 0.381. The van der Waals surface area contributed by atoms with Gasteiger partial charge in [-0.05, 0) is 51.3 Å². The minimum Gasteiger partial charge on any atom is -0.479 e. The standard InChI is InChI=1S/C21H22F3N3O3/c1-12-17(18(20(29)30)25-19(28)14-7-4-3-5-8-14)13(2)27(26-12)16-10-6-9-15(11-16)21(22,23)24/h3-4,6,9-11,14,18H,5,7-8H2,1-2H3,(H,25,28)(H,29,30)/t14-,18-/m1/s1. The first-order valence-electron chi connectivity index (χ1n) is 9.51. The van der Waals surface area contributed by atoms with Gasteiger partial charge in [0.25, 0.3) is 0 Å². The summed E-state index contributed by atoms with van der Waals surface area (Å²) >= 11 is 0. The van der Waals surface area contributed by atoms with Crippen LogP contribution in [-0.2, 0) is 15.8 Å². The summed E-state index contributed by atoms with van der Waals surface area (Å²) in [6.07, 6.45) is 1.29. The van der Waals surface area contributed by atoms with Crippen molar-refractivity contribution >= 4 is 11.9 Å². The van der Waals surface area contributed by atoms with Crippen LogP contribution in [0, 0.1) is 19.8 Å². The molecule has 9 heteroatoms. The maximum absolute atomic E-state index is 13.1. The van der Waals surface area contributed by atoms with Crippen molar-refractivity contribution in [3.05, 3.63) is 58.9 Å². The normalized spacial score (nSPS) is 17.6. The van der Waals surface area contributed by atoms with Gasteiger partial charge in [0.2, 0.25) is 5.91 Å². The molecular weight excluding hydrogens is 399 g/mol. The number of carbonyl (C=O) groups is 2. The van der Waals surface area contributed by atoms with Crippen LogP contribution in [0.2, 0.25) is 0 Å². The molecule has 0 fully saturated rings. The van der Waals surface area contributed by atoms with Crippen molar-refractivity contribution in [1.82, 2.24) is 15.1 Å². The zero-order valence-electron chi connectivity index (χ0n) is 16.5. The second kappa shape index (κ2) is 8.33. The van der Waals surface area contributed by atoms with Gasteiger partial charge < -0.3 is 10.4 Å². The number of carboxylic acid groups (broad SMARTS) is 1. The molecule has 0 radical (unpaired) electrons. The van der Waals surface area contributed by atoms with Crippen LogP contribution < -0.4 is 5.32 Å². The number of aromatic nitrogens is 2.